The third kappa shape index (κ3) is 3.82. The molecule has 0 bridgehead atoms. The molecule has 1 aliphatic carbocycles. The van der Waals surface area contributed by atoms with Gasteiger partial charge in [-0.05, 0) is 43.0 Å². The highest BCUT2D eigenvalue weighted by Gasteiger charge is 2.39. The van der Waals surface area contributed by atoms with Gasteiger partial charge in [0.2, 0.25) is 5.96 Å². The minimum Gasteiger partial charge on any atom is -0.342 e. The van der Waals surface area contributed by atoms with Crippen LogP contribution in [0.2, 0.25) is 0 Å². The van der Waals surface area contributed by atoms with E-state index >= 15 is 0 Å². The summed E-state index contributed by atoms with van der Waals surface area (Å²) in [5, 5.41) is 0. The first kappa shape index (κ1) is 18.7. The smallest absolute Gasteiger partial charge is 0.259 e. The van der Waals surface area contributed by atoms with Crippen LogP contribution in [0.4, 0.5) is 5.69 Å². The number of hydrogen-bond donors (Lipinski definition) is 0. The number of rotatable bonds is 4. The molecule has 146 valence electrons. The van der Waals surface area contributed by atoms with Crippen LogP contribution in [-0.4, -0.2) is 35.9 Å². The molecule has 0 N–H and O–H groups in total. The molecule has 1 aliphatic heterocycles. The Morgan fingerprint density at radius 3 is 2.50 bits per heavy atom. The third-order valence-electron chi connectivity index (χ3n) is 5.95. The summed E-state index contributed by atoms with van der Waals surface area (Å²) in [5.41, 5.74) is 3.22. The van der Waals surface area contributed by atoms with Crippen molar-refractivity contribution in [2.75, 3.05) is 11.9 Å². The highest BCUT2D eigenvalue weighted by atomic mass is 16.2. The van der Waals surface area contributed by atoms with Crippen LogP contribution < -0.4 is 4.90 Å². The third-order valence-corrected chi connectivity index (χ3v) is 5.95. The molecule has 2 aromatic rings. The predicted molar refractivity (Wildman–Crippen MR) is 115 cm³/mol. The van der Waals surface area contributed by atoms with Crippen molar-refractivity contribution in [2.24, 2.45) is 4.99 Å². The molecule has 1 amide bonds. The van der Waals surface area contributed by atoms with Crippen LogP contribution >= 0.6 is 0 Å². The van der Waals surface area contributed by atoms with Crippen LogP contribution in [0.3, 0.4) is 0 Å². The lowest BCUT2D eigenvalue weighted by Gasteiger charge is -2.35. The van der Waals surface area contributed by atoms with E-state index in [1.165, 1.54) is 32.1 Å². The zero-order valence-corrected chi connectivity index (χ0v) is 16.8. The molecule has 2 aromatic carbocycles. The number of amides is 1. The van der Waals surface area contributed by atoms with Gasteiger partial charge in [0.15, 0.2) is 0 Å². The molecule has 1 unspecified atom stereocenters. The average Bonchev–Trinajstić information content (AvgIpc) is 3.05. The van der Waals surface area contributed by atoms with Crippen molar-refractivity contribution >= 4 is 17.6 Å². The SMILES string of the molecule is Cc1cccc(N2C(=O)C(Cc3ccccc3)N=C2N(C)C2CCCCC2)c1. The van der Waals surface area contributed by atoms with Crippen molar-refractivity contribution in [1.82, 2.24) is 4.90 Å². The quantitative estimate of drug-likeness (QED) is 0.784. The number of guanidine groups is 1. The first-order valence-corrected chi connectivity index (χ1v) is 10.4. The second-order valence-corrected chi connectivity index (χ2v) is 8.05. The van der Waals surface area contributed by atoms with Crippen molar-refractivity contribution < 1.29 is 4.79 Å². The summed E-state index contributed by atoms with van der Waals surface area (Å²) in [6, 6.07) is 18.5. The summed E-state index contributed by atoms with van der Waals surface area (Å²) in [4.78, 5) is 22.4. The molecule has 0 radical (unpaired) electrons. The lowest BCUT2D eigenvalue weighted by Crippen LogP contribution is -2.48. The minimum atomic E-state index is -0.357. The van der Waals surface area contributed by atoms with Gasteiger partial charge in [-0.15, -0.1) is 0 Å². The maximum atomic E-state index is 13.4. The van der Waals surface area contributed by atoms with E-state index in [9.17, 15) is 4.79 Å². The Balaban J connectivity index is 1.66. The number of carbonyl (C=O) groups excluding carboxylic acids is 1. The second-order valence-electron chi connectivity index (χ2n) is 8.05. The fourth-order valence-corrected chi connectivity index (χ4v) is 4.36. The van der Waals surface area contributed by atoms with Crippen LogP contribution in [0.5, 0.6) is 0 Å². The van der Waals surface area contributed by atoms with E-state index in [-0.39, 0.29) is 11.9 Å². The Bertz CT molecular complexity index is 855. The Morgan fingerprint density at radius 1 is 1.04 bits per heavy atom. The predicted octanol–water partition coefficient (Wildman–Crippen LogP) is 4.57. The maximum absolute atomic E-state index is 13.4. The summed E-state index contributed by atoms with van der Waals surface area (Å²) < 4.78 is 0. The van der Waals surface area contributed by atoms with Gasteiger partial charge in [-0.25, -0.2) is 9.89 Å². The molecule has 4 heteroatoms. The van der Waals surface area contributed by atoms with Crippen LogP contribution in [0, 0.1) is 6.92 Å². The van der Waals surface area contributed by atoms with E-state index in [1.807, 2.05) is 35.2 Å². The molecule has 2 aliphatic rings. The molecule has 1 heterocycles. The number of aliphatic imine (C=N–C) groups is 1. The summed E-state index contributed by atoms with van der Waals surface area (Å²) in [6.45, 7) is 2.06. The Kier molecular flexibility index (Phi) is 5.47. The standard InChI is InChI=1S/C24H29N3O/c1-18-10-9-15-21(16-18)27-23(28)22(17-19-11-5-3-6-12-19)25-24(27)26(2)20-13-7-4-8-14-20/h3,5-6,9-12,15-16,20,22H,4,7-8,13-14,17H2,1-2H3. The first-order valence-electron chi connectivity index (χ1n) is 10.4. The molecule has 1 atom stereocenters. The number of hydrogen-bond acceptors (Lipinski definition) is 3. The van der Waals surface area contributed by atoms with E-state index in [1.54, 1.807) is 0 Å². The number of anilines is 1. The molecule has 1 fully saturated rings. The van der Waals surface area contributed by atoms with Gasteiger partial charge < -0.3 is 4.90 Å². The summed E-state index contributed by atoms with van der Waals surface area (Å²) in [7, 11) is 2.11. The molecular weight excluding hydrogens is 346 g/mol. The zero-order chi connectivity index (χ0) is 19.5. The topological polar surface area (TPSA) is 35.9 Å². The van der Waals surface area contributed by atoms with Crippen LogP contribution in [0.15, 0.2) is 59.6 Å². The van der Waals surface area contributed by atoms with Gasteiger partial charge in [-0.1, -0.05) is 61.7 Å². The molecule has 28 heavy (non-hydrogen) atoms. The van der Waals surface area contributed by atoms with Gasteiger partial charge >= 0.3 is 0 Å². The van der Waals surface area contributed by atoms with E-state index in [0.717, 1.165) is 22.8 Å². The fourth-order valence-electron chi connectivity index (χ4n) is 4.36. The first-order chi connectivity index (χ1) is 13.6. The lowest BCUT2D eigenvalue weighted by molar-refractivity contribution is -0.118. The van der Waals surface area contributed by atoms with Crippen LogP contribution in [-0.2, 0) is 11.2 Å². The molecule has 0 aromatic heterocycles. The van der Waals surface area contributed by atoms with Gasteiger partial charge in [0.05, 0.1) is 5.69 Å². The van der Waals surface area contributed by atoms with E-state index < -0.39 is 0 Å². The van der Waals surface area contributed by atoms with E-state index in [2.05, 4.69) is 43.1 Å². The van der Waals surface area contributed by atoms with E-state index in [4.69, 9.17) is 4.99 Å². The second kappa shape index (κ2) is 8.17. The van der Waals surface area contributed by atoms with Crippen LogP contribution in [0.25, 0.3) is 0 Å². The number of carbonyl (C=O) groups is 1. The lowest BCUT2D eigenvalue weighted by atomic mass is 9.94. The molecule has 4 rings (SSSR count). The largest absolute Gasteiger partial charge is 0.342 e. The normalized spacial score (nSPS) is 20.4. The van der Waals surface area contributed by atoms with Crippen molar-refractivity contribution in [2.45, 2.75) is 57.5 Å². The Hall–Kier alpha value is -2.62. The van der Waals surface area contributed by atoms with Crippen LogP contribution in [0.1, 0.15) is 43.2 Å². The van der Waals surface area contributed by atoms with Gasteiger partial charge in [-0.2, -0.15) is 0 Å². The molecule has 0 saturated heterocycles. The Labute approximate surface area is 167 Å². The highest BCUT2D eigenvalue weighted by Crippen LogP contribution is 2.29. The van der Waals surface area contributed by atoms with Crippen molar-refractivity contribution in [3.8, 4) is 0 Å². The van der Waals surface area contributed by atoms with E-state index in [0.29, 0.717) is 12.5 Å². The molecule has 1 saturated carbocycles. The van der Waals surface area contributed by atoms with Gasteiger partial charge in [0.25, 0.3) is 5.91 Å². The summed E-state index contributed by atoms with van der Waals surface area (Å²) in [5.74, 6) is 0.885. The van der Waals surface area contributed by atoms with Crippen molar-refractivity contribution in [3.63, 3.8) is 0 Å². The molecule has 4 nitrogen and oxygen atoms in total. The molecule has 0 spiro atoms. The van der Waals surface area contributed by atoms with Crippen molar-refractivity contribution in [1.29, 1.82) is 0 Å². The monoisotopic (exact) mass is 375 g/mol. The number of benzene rings is 2. The van der Waals surface area contributed by atoms with Gasteiger partial charge in [0.1, 0.15) is 6.04 Å². The number of nitrogens with zero attached hydrogens (tertiary/aromatic N) is 3. The summed E-state index contributed by atoms with van der Waals surface area (Å²) in [6.07, 6.45) is 6.82. The van der Waals surface area contributed by atoms with Gasteiger partial charge in [0, 0.05) is 19.5 Å². The Morgan fingerprint density at radius 2 is 1.79 bits per heavy atom. The number of aryl methyl sites for hydroxylation is 1. The van der Waals surface area contributed by atoms with Crippen molar-refractivity contribution in [3.05, 3.63) is 65.7 Å². The molecular formula is C24H29N3O. The fraction of sp³-hybridized carbons (Fsp3) is 0.417. The average molecular weight is 376 g/mol. The summed E-state index contributed by atoms with van der Waals surface area (Å²) >= 11 is 0. The highest BCUT2D eigenvalue weighted by molar-refractivity contribution is 6.22. The minimum absolute atomic E-state index is 0.0760. The zero-order valence-electron chi connectivity index (χ0n) is 16.8. The maximum Gasteiger partial charge on any atom is 0.259 e. The van der Waals surface area contributed by atoms with Gasteiger partial charge in [-0.3, -0.25) is 4.79 Å².